The predicted molar refractivity (Wildman–Crippen MR) is 85.6 cm³/mol. The Labute approximate surface area is 132 Å². The summed E-state index contributed by atoms with van der Waals surface area (Å²) in [4.78, 5) is 15.4. The third-order valence-corrected chi connectivity index (χ3v) is 3.98. The first kappa shape index (κ1) is 14.6. The first-order valence-corrected chi connectivity index (χ1v) is 7.27. The quantitative estimate of drug-likeness (QED) is 0.736. The number of fused-ring (bicyclic) bond motifs is 1. The minimum absolute atomic E-state index is 0.283. The third kappa shape index (κ3) is 2.57. The molecule has 0 saturated heterocycles. The number of aromatic amines is 1. The molecule has 3 rings (SSSR count). The Morgan fingerprint density at radius 2 is 1.86 bits per heavy atom. The van der Waals surface area contributed by atoms with Crippen LogP contribution in [0.4, 0.5) is 4.39 Å². The molecule has 1 aromatic heterocycles. The molecular weight excluding hydrogens is 303 g/mol. The van der Waals surface area contributed by atoms with Crippen LogP contribution in [0.2, 0.25) is 5.02 Å². The van der Waals surface area contributed by atoms with E-state index in [4.69, 9.17) is 11.6 Å². The third-order valence-electron chi connectivity index (χ3n) is 3.59. The van der Waals surface area contributed by atoms with Gasteiger partial charge in [0.25, 0.3) is 5.91 Å². The van der Waals surface area contributed by atoms with Crippen LogP contribution < -0.4 is 5.32 Å². The Morgan fingerprint density at radius 1 is 1.18 bits per heavy atom. The van der Waals surface area contributed by atoms with Crippen LogP contribution >= 0.6 is 11.6 Å². The van der Waals surface area contributed by atoms with Gasteiger partial charge in [-0.05, 0) is 19.1 Å². The topological polar surface area (TPSA) is 44.9 Å². The summed E-state index contributed by atoms with van der Waals surface area (Å²) in [6.45, 7) is 1.73. The molecule has 2 aromatic carbocycles. The van der Waals surface area contributed by atoms with Crippen LogP contribution in [0.5, 0.6) is 0 Å². The predicted octanol–water partition coefficient (Wildman–Crippen LogP) is 4.45. The molecule has 0 aliphatic heterocycles. The van der Waals surface area contributed by atoms with Crippen molar-refractivity contribution < 1.29 is 9.18 Å². The summed E-state index contributed by atoms with van der Waals surface area (Å²) in [5.41, 5.74) is 1.50. The molecule has 3 nitrogen and oxygen atoms in total. The first-order chi connectivity index (χ1) is 10.6. The molecule has 0 fully saturated rings. The number of hydrogen-bond acceptors (Lipinski definition) is 1. The molecule has 1 heterocycles. The molecule has 0 aliphatic rings. The van der Waals surface area contributed by atoms with E-state index >= 15 is 0 Å². The van der Waals surface area contributed by atoms with E-state index in [2.05, 4.69) is 10.3 Å². The molecule has 0 saturated carbocycles. The van der Waals surface area contributed by atoms with Crippen LogP contribution in [0, 0.1) is 5.82 Å². The Hall–Kier alpha value is -2.33. The molecule has 0 radical (unpaired) electrons. The molecule has 22 heavy (non-hydrogen) atoms. The maximum Gasteiger partial charge on any atom is 0.269 e. The standard InChI is InChI=1S/C17H14ClFN2O/c1-10(11-6-2-4-8-13(11)19)20-17(22)16-15(18)12-7-3-5-9-14(12)21-16/h2-10,21H,1H3,(H,20,22). The van der Waals surface area contributed by atoms with Crippen molar-refractivity contribution in [1.29, 1.82) is 0 Å². The lowest BCUT2D eigenvalue weighted by Gasteiger charge is -2.14. The lowest BCUT2D eigenvalue weighted by atomic mass is 10.1. The maximum atomic E-state index is 13.8. The van der Waals surface area contributed by atoms with E-state index in [0.717, 1.165) is 10.9 Å². The fourth-order valence-corrected chi connectivity index (χ4v) is 2.73. The molecule has 0 spiro atoms. The Balaban J connectivity index is 1.87. The van der Waals surface area contributed by atoms with Crippen molar-refractivity contribution in [3.63, 3.8) is 0 Å². The van der Waals surface area contributed by atoms with Crippen molar-refractivity contribution in [3.05, 3.63) is 70.6 Å². The van der Waals surface area contributed by atoms with Gasteiger partial charge in [0.2, 0.25) is 0 Å². The van der Waals surface area contributed by atoms with Crippen LogP contribution in [-0.4, -0.2) is 10.9 Å². The maximum absolute atomic E-state index is 13.8. The SMILES string of the molecule is CC(NC(=O)c1[nH]c2ccccc2c1Cl)c1ccccc1F. The molecule has 1 atom stereocenters. The van der Waals surface area contributed by atoms with Crippen LogP contribution in [0.1, 0.15) is 29.0 Å². The molecular formula is C17H14ClFN2O. The highest BCUT2D eigenvalue weighted by molar-refractivity contribution is 6.38. The number of rotatable bonds is 3. The number of carbonyl (C=O) groups excluding carboxylic acids is 1. The van der Waals surface area contributed by atoms with E-state index in [1.54, 1.807) is 25.1 Å². The van der Waals surface area contributed by atoms with E-state index < -0.39 is 6.04 Å². The van der Waals surface area contributed by atoms with Crippen LogP contribution in [0.25, 0.3) is 10.9 Å². The van der Waals surface area contributed by atoms with Crippen molar-refractivity contribution in [1.82, 2.24) is 10.3 Å². The second-order valence-corrected chi connectivity index (χ2v) is 5.45. The van der Waals surface area contributed by atoms with Gasteiger partial charge in [0.15, 0.2) is 0 Å². The zero-order valence-electron chi connectivity index (χ0n) is 11.9. The Morgan fingerprint density at radius 3 is 2.59 bits per heavy atom. The summed E-state index contributed by atoms with van der Waals surface area (Å²) in [5.74, 6) is -0.713. The van der Waals surface area contributed by atoms with Gasteiger partial charge in [0.1, 0.15) is 11.5 Å². The summed E-state index contributed by atoms with van der Waals surface area (Å²) >= 11 is 6.25. The number of carbonyl (C=O) groups is 1. The van der Waals surface area contributed by atoms with Gasteiger partial charge in [-0.2, -0.15) is 0 Å². The first-order valence-electron chi connectivity index (χ1n) is 6.89. The van der Waals surface area contributed by atoms with E-state index in [9.17, 15) is 9.18 Å². The van der Waals surface area contributed by atoms with Crippen molar-refractivity contribution in [2.45, 2.75) is 13.0 Å². The van der Waals surface area contributed by atoms with Gasteiger partial charge < -0.3 is 10.3 Å². The minimum atomic E-state index is -0.462. The molecule has 1 unspecified atom stereocenters. The number of para-hydroxylation sites is 1. The average Bonchev–Trinajstić information content (AvgIpc) is 2.85. The largest absolute Gasteiger partial charge is 0.349 e. The van der Waals surface area contributed by atoms with Gasteiger partial charge in [0.05, 0.1) is 11.1 Å². The Bertz CT molecular complexity index is 844. The number of amides is 1. The van der Waals surface area contributed by atoms with Gasteiger partial charge in [-0.1, -0.05) is 48.0 Å². The van der Waals surface area contributed by atoms with Crippen molar-refractivity contribution in [2.24, 2.45) is 0 Å². The normalized spacial score (nSPS) is 12.3. The summed E-state index contributed by atoms with van der Waals surface area (Å²) in [5, 5.41) is 3.91. The molecule has 2 N–H and O–H groups in total. The molecule has 5 heteroatoms. The summed E-state index contributed by atoms with van der Waals surface area (Å²) in [7, 11) is 0. The second kappa shape index (κ2) is 5.81. The Kier molecular flexibility index (Phi) is 3.86. The molecule has 112 valence electrons. The fourth-order valence-electron chi connectivity index (χ4n) is 2.44. The highest BCUT2D eigenvalue weighted by Gasteiger charge is 2.19. The smallest absolute Gasteiger partial charge is 0.269 e. The summed E-state index contributed by atoms with van der Waals surface area (Å²) in [6.07, 6.45) is 0. The number of nitrogens with one attached hydrogen (secondary N) is 2. The van der Waals surface area contributed by atoms with E-state index in [1.165, 1.54) is 6.07 Å². The van der Waals surface area contributed by atoms with E-state index in [0.29, 0.717) is 10.6 Å². The second-order valence-electron chi connectivity index (χ2n) is 5.08. The van der Waals surface area contributed by atoms with Crippen LogP contribution in [0.15, 0.2) is 48.5 Å². The summed E-state index contributed by atoms with van der Waals surface area (Å²) < 4.78 is 13.8. The van der Waals surface area contributed by atoms with Gasteiger partial charge in [-0.3, -0.25) is 4.79 Å². The van der Waals surface area contributed by atoms with E-state index in [1.807, 2.05) is 24.3 Å². The molecule has 3 aromatic rings. The van der Waals surface area contributed by atoms with E-state index in [-0.39, 0.29) is 17.4 Å². The highest BCUT2D eigenvalue weighted by atomic mass is 35.5. The zero-order valence-corrected chi connectivity index (χ0v) is 12.6. The van der Waals surface area contributed by atoms with Gasteiger partial charge in [0, 0.05) is 16.5 Å². The van der Waals surface area contributed by atoms with Gasteiger partial charge in [-0.25, -0.2) is 4.39 Å². The van der Waals surface area contributed by atoms with Crippen molar-refractivity contribution in [2.75, 3.05) is 0 Å². The number of H-pyrrole nitrogens is 1. The molecule has 0 bridgehead atoms. The fraction of sp³-hybridized carbons (Fsp3) is 0.118. The highest BCUT2D eigenvalue weighted by Crippen LogP contribution is 2.27. The minimum Gasteiger partial charge on any atom is -0.349 e. The summed E-state index contributed by atoms with van der Waals surface area (Å²) in [6, 6.07) is 13.3. The van der Waals surface area contributed by atoms with Crippen LogP contribution in [0.3, 0.4) is 0 Å². The number of halogens is 2. The lowest BCUT2D eigenvalue weighted by molar-refractivity contribution is 0.0935. The number of benzene rings is 2. The molecule has 0 aliphatic carbocycles. The monoisotopic (exact) mass is 316 g/mol. The lowest BCUT2D eigenvalue weighted by Crippen LogP contribution is -2.27. The van der Waals surface area contributed by atoms with Crippen molar-refractivity contribution >= 4 is 28.4 Å². The number of hydrogen-bond donors (Lipinski definition) is 2. The van der Waals surface area contributed by atoms with Crippen molar-refractivity contribution in [3.8, 4) is 0 Å². The average molecular weight is 317 g/mol. The molecule has 1 amide bonds. The zero-order chi connectivity index (χ0) is 15.7. The van der Waals surface area contributed by atoms with Gasteiger partial charge in [-0.15, -0.1) is 0 Å². The van der Waals surface area contributed by atoms with Gasteiger partial charge >= 0.3 is 0 Å². The number of aromatic nitrogens is 1. The van der Waals surface area contributed by atoms with Crippen LogP contribution in [-0.2, 0) is 0 Å².